The van der Waals surface area contributed by atoms with Crippen molar-refractivity contribution in [2.45, 2.75) is 82.7 Å². The first-order chi connectivity index (χ1) is 12.9. The molecule has 1 aliphatic rings. The van der Waals surface area contributed by atoms with Crippen molar-refractivity contribution >= 4 is 18.6 Å². The smallest absolute Gasteiger partial charge is 0.305 e. The van der Waals surface area contributed by atoms with Crippen LogP contribution in [0.2, 0.25) is 0 Å². The van der Waals surface area contributed by atoms with Gasteiger partial charge in [0.05, 0.1) is 19.3 Å². The first-order valence-corrected chi connectivity index (χ1v) is 10.9. The number of hydrogen-bond donors (Lipinski definition) is 3. The quantitative estimate of drug-likeness (QED) is 0.198. The molecule has 2 N–H and O–H groups in total. The Morgan fingerprint density at radius 2 is 2.07 bits per heavy atom. The standard InChI is InChI=1S/C22H38O4S/c1-4-5-10-16(2)19(23)14-13-17-18(21(27)15-20(17)24)11-8-6-7-9-12-22(25)26-3/h6,8,13-14,16-21,23-24,27H,4-5,7,9-12,15H2,1-3H3/b8-6-,14-13+/t16-,17-,18-,19-,20-,21+/m1/s1. The third kappa shape index (κ3) is 8.84. The molecule has 4 nitrogen and oxygen atoms in total. The zero-order chi connectivity index (χ0) is 20.2. The molecule has 1 fully saturated rings. The summed E-state index contributed by atoms with van der Waals surface area (Å²) in [5.41, 5.74) is 0. The molecule has 1 aliphatic carbocycles. The molecule has 0 aromatic carbocycles. The summed E-state index contributed by atoms with van der Waals surface area (Å²) >= 11 is 4.67. The highest BCUT2D eigenvalue weighted by Crippen LogP contribution is 2.39. The van der Waals surface area contributed by atoms with Crippen LogP contribution in [0.3, 0.4) is 0 Å². The summed E-state index contributed by atoms with van der Waals surface area (Å²) in [6, 6.07) is 0. The molecular weight excluding hydrogens is 360 g/mol. The van der Waals surface area contributed by atoms with E-state index < -0.39 is 12.2 Å². The Bertz CT molecular complexity index is 477. The zero-order valence-electron chi connectivity index (χ0n) is 17.1. The van der Waals surface area contributed by atoms with E-state index in [2.05, 4.69) is 43.4 Å². The van der Waals surface area contributed by atoms with E-state index in [0.717, 1.165) is 38.5 Å². The molecule has 0 aromatic rings. The van der Waals surface area contributed by atoms with Crippen molar-refractivity contribution in [3.8, 4) is 0 Å². The van der Waals surface area contributed by atoms with Crippen LogP contribution in [0.4, 0.5) is 0 Å². The van der Waals surface area contributed by atoms with Gasteiger partial charge in [-0.3, -0.25) is 4.79 Å². The van der Waals surface area contributed by atoms with Crippen molar-refractivity contribution < 1.29 is 19.7 Å². The van der Waals surface area contributed by atoms with E-state index in [-0.39, 0.29) is 29.0 Å². The maximum Gasteiger partial charge on any atom is 0.305 e. The van der Waals surface area contributed by atoms with Crippen molar-refractivity contribution in [3.05, 3.63) is 24.3 Å². The Balaban J connectivity index is 2.51. The minimum absolute atomic E-state index is 0.0280. The third-order valence-electron chi connectivity index (χ3n) is 5.60. The van der Waals surface area contributed by atoms with E-state index in [1.165, 1.54) is 7.11 Å². The zero-order valence-corrected chi connectivity index (χ0v) is 18.0. The minimum atomic E-state index is -0.461. The van der Waals surface area contributed by atoms with Gasteiger partial charge in [-0.25, -0.2) is 0 Å². The summed E-state index contributed by atoms with van der Waals surface area (Å²) in [6.45, 7) is 4.23. The summed E-state index contributed by atoms with van der Waals surface area (Å²) in [7, 11) is 1.41. The van der Waals surface area contributed by atoms with Crippen LogP contribution in [0.15, 0.2) is 24.3 Å². The second-order valence-corrected chi connectivity index (χ2v) is 8.45. The van der Waals surface area contributed by atoms with Gasteiger partial charge in [-0.2, -0.15) is 12.6 Å². The molecule has 0 aromatic heterocycles. The number of allylic oxidation sites excluding steroid dienone is 2. The van der Waals surface area contributed by atoms with Gasteiger partial charge in [0.25, 0.3) is 0 Å². The molecule has 0 bridgehead atoms. The predicted octanol–water partition coefficient (Wildman–Crippen LogP) is 4.31. The van der Waals surface area contributed by atoms with E-state index >= 15 is 0 Å². The third-order valence-corrected chi connectivity index (χ3v) is 6.19. The van der Waals surface area contributed by atoms with Crippen LogP contribution >= 0.6 is 12.6 Å². The molecular formula is C22H38O4S. The first kappa shape index (κ1) is 24.3. The fourth-order valence-corrected chi connectivity index (χ4v) is 4.21. The van der Waals surface area contributed by atoms with Crippen LogP contribution in [0, 0.1) is 17.8 Å². The van der Waals surface area contributed by atoms with E-state index in [9.17, 15) is 15.0 Å². The number of carbonyl (C=O) groups excluding carboxylic acids is 1. The molecule has 27 heavy (non-hydrogen) atoms. The number of rotatable bonds is 12. The van der Waals surface area contributed by atoms with E-state index in [4.69, 9.17) is 0 Å². The van der Waals surface area contributed by atoms with Crippen molar-refractivity contribution in [2.75, 3.05) is 7.11 Å². The Morgan fingerprint density at radius 1 is 1.33 bits per heavy atom. The number of carbonyl (C=O) groups is 1. The predicted molar refractivity (Wildman–Crippen MR) is 114 cm³/mol. The lowest BCUT2D eigenvalue weighted by atomic mass is 9.89. The molecule has 6 atom stereocenters. The average molecular weight is 399 g/mol. The van der Waals surface area contributed by atoms with Crippen molar-refractivity contribution in [3.63, 3.8) is 0 Å². The van der Waals surface area contributed by atoms with Crippen LogP contribution in [0.5, 0.6) is 0 Å². The van der Waals surface area contributed by atoms with Gasteiger partial charge in [-0.05, 0) is 43.9 Å². The SMILES string of the molecule is CCCC[C@@H](C)[C@H](O)/C=C/[C@@H]1[C@@H](C/C=C\CCCC(=O)OC)[C@@H](S)C[C@H]1O. The molecule has 0 amide bonds. The van der Waals surface area contributed by atoms with Gasteiger partial charge in [0.2, 0.25) is 0 Å². The molecule has 0 unspecified atom stereocenters. The van der Waals surface area contributed by atoms with Gasteiger partial charge in [0.15, 0.2) is 0 Å². The van der Waals surface area contributed by atoms with Crippen molar-refractivity contribution in [2.24, 2.45) is 17.8 Å². The highest BCUT2D eigenvalue weighted by atomic mass is 32.1. The molecule has 0 spiro atoms. The number of unbranched alkanes of at least 4 members (excludes halogenated alkanes) is 2. The molecule has 0 aliphatic heterocycles. The van der Waals surface area contributed by atoms with Gasteiger partial charge in [-0.1, -0.05) is 51.0 Å². The lowest BCUT2D eigenvalue weighted by Crippen LogP contribution is -2.20. The molecule has 156 valence electrons. The minimum Gasteiger partial charge on any atom is -0.469 e. The van der Waals surface area contributed by atoms with Gasteiger partial charge >= 0.3 is 5.97 Å². The van der Waals surface area contributed by atoms with E-state index in [0.29, 0.717) is 12.8 Å². The molecule has 1 rings (SSSR count). The monoisotopic (exact) mass is 398 g/mol. The summed E-state index contributed by atoms with van der Waals surface area (Å²) in [4.78, 5) is 11.1. The Kier molecular flexibility index (Phi) is 12.0. The Morgan fingerprint density at radius 3 is 2.74 bits per heavy atom. The van der Waals surface area contributed by atoms with Crippen LogP contribution in [0.1, 0.15) is 65.2 Å². The lowest BCUT2D eigenvalue weighted by molar-refractivity contribution is -0.140. The van der Waals surface area contributed by atoms with E-state index in [1.54, 1.807) is 0 Å². The number of methoxy groups -OCH3 is 1. The topological polar surface area (TPSA) is 66.8 Å². The second kappa shape index (κ2) is 13.4. The summed E-state index contributed by atoms with van der Waals surface area (Å²) in [5.74, 6) is 0.351. The molecule has 0 heterocycles. The lowest BCUT2D eigenvalue weighted by Gasteiger charge is -2.21. The van der Waals surface area contributed by atoms with Crippen LogP contribution in [0.25, 0.3) is 0 Å². The molecule has 1 saturated carbocycles. The maximum absolute atomic E-state index is 11.1. The van der Waals surface area contributed by atoms with E-state index in [1.807, 2.05) is 12.2 Å². The summed E-state index contributed by atoms with van der Waals surface area (Å²) < 4.78 is 4.63. The Labute approximate surface area is 170 Å². The van der Waals surface area contributed by atoms with Gasteiger partial charge in [0, 0.05) is 17.6 Å². The second-order valence-electron chi connectivity index (χ2n) is 7.78. The average Bonchev–Trinajstić information content (AvgIpc) is 2.92. The number of aliphatic hydroxyl groups excluding tert-OH is 2. The van der Waals surface area contributed by atoms with Gasteiger partial charge in [-0.15, -0.1) is 0 Å². The maximum atomic E-state index is 11.1. The van der Waals surface area contributed by atoms with Crippen LogP contribution in [-0.2, 0) is 9.53 Å². The fraction of sp³-hybridized carbons (Fsp3) is 0.773. The largest absolute Gasteiger partial charge is 0.469 e. The highest BCUT2D eigenvalue weighted by molar-refractivity contribution is 7.81. The van der Waals surface area contributed by atoms with Crippen LogP contribution in [-0.4, -0.2) is 40.8 Å². The fourth-order valence-electron chi connectivity index (χ4n) is 3.67. The summed E-state index contributed by atoms with van der Waals surface area (Å²) in [6.07, 6.45) is 14.1. The Hall–Kier alpha value is -0.780. The number of thiol groups is 1. The van der Waals surface area contributed by atoms with Crippen LogP contribution < -0.4 is 0 Å². The first-order valence-electron chi connectivity index (χ1n) is 10.3. The van der Waals surface area contributed by atoms with Gasteiger partial charge in [0.1, 0.15) is 0 Å². The van der Waals surface area contributed by atoms with Crippen molar-refractivity contribution in [1.82, 2.24) is 0 Å². The van der Waals surface area contributed by atoms with Gasteiger partial charge < -0.3 is 14.9 Å². The molecule has 0 saturated heterocycles. The number of ether oxygens (including phenoxy) is 1. The van der Waals surface area contributed by atoms with Crippen molar-refractivity contribution in [1.29, 1.82) is 0 Å². The highest BCUT2D eigenvalue weighted by Gasteiger charge is 2.38. The molecule has 5 heteroatoms. The number of aliphatic hydroxyl groups is 2. The normalized spacial score (nSPS) is 28.1. The number of esters is 1. The number of hydrogen-bond acceptors (Lipinski definition) is 5. The molecule has 0 radical (unpaired) electrons. The summed E-state index contributed by atoms with van der Waals surface area (Å²) in [5, 5.41) is 20.9.